The minimum atomic E-state index is -3.32. The molecule has 2 rings (SSSR count). The SMILES string of the molecule is CC(C)CCS(=O)(=O)Nc1nc2ccc(N)cc2s1. The summed E-state index contributed by atoms with van der Waals surface area (Å²) in [5.41, 5.74) is 7.08. The summed E-state index contributed by atoms with van der Waals surface area (Å²) in [4.78, 5) is 4.24. The number of anilines is 2. The monoisotopic (exact) mass is 299 g/mol. The molecule has 0 saturated carbocycles. The fraction of sp³-hybridized carbons (Fsp3) is 0.417. The molecule has 0 aliphatic rings. The van der Waals surface area contributed by atoms with Crippen molar-refractivity contribution in [1.29, 1.82) is 0 Å². The molecule has 0 atom stereocenters. The molecule has 0 bridgehead atoms. The molecule has 3 N–H and O–H groups in total. The molecule has 0 spiro atoms. The summed E-state index contributed by atoms with van der Waals surface area (Å²) in [6.07, 6.45) is 0.632. The Kier molecular flexibility index (Phi) is 3.96. The molecule has 5 nitrogen and oxygen atoms in total. The van der Waals surface area contributed by atoms with E-state index >= 15 is 0 Å². The lowest BCUT2D eigenvalue weighted by Gasteiger charge is -2.06. The predicted octanol–water partition coefficient (Wildman–Crippen LogP) is 2.67. The number of benzene rings is 1. The van der Waals surface area contributed by atoms with Crippen LogP contribution in [0.15, 0.2) is 18.2 Å². The number of sulfonamides is 1. The van der Waals surface area contributed by atoms with Crippen LogP contribution in [0.2, 0.25) is 0 Å². The molecule has 2 aromatic rings. The summed E-state index contributed by atoms with van der Waals surface area (Å²) < 4.78 is 27.2. The first-order chi connectivity index (χ1) is 8.85. The van der Waals surface area contributed by atoms with Crippen LogP contribution in [0.1, 0.15) is 20.3 Å². The molecular formula is C12H17N3O2S2. The second kappa shape index (κ2) is 5.34. The number of nitrogens with two attached hydrogens (primary N) is 1. The van der Waals surface area contributed by atoms with Crippen LogP contribution in [0.25, 0.3) is 10.2 Å². The van der Waals surface area contributed by atoms with Gasteiger partial charge in [-0.25, -0.2) is 13.4 Å². The molecule has 7 heteroatoms. The Balaban J connectivity index is 2.17. The van der Waals surface area contributed by atoms with Gasteiger partial charge in [-0.1, -0.05) is 25.2 Å². The number of hydrogen-bond acceptors (Lipinski definition) is 5. The Morgan fingerprint density at radius 1 is 1.42 bits per heavy atom. The zero-order valence-corrected chi connectivity index (χ0v) is 12.5. The molecule has 0 fully saturated rings. The van der Waals surface area contributed by atoms with Gasteiger partial charge in [-0.05, 0) is 30.5 Å². The van der Waals surface area contributed by atoms with Gasteiger partial charge in [0.1, 0.15) is 0 Å². The van der Waals surface area contributed by atoms with E-state index in [4.69, 9.17) is 5.73 Å². The average molecular weight is 299 g/mol. The summed E-state index contributed by atoms with van der Waals surface area (Å²) >= 11 is 1.29. The molecule has 1 aromatic carbocycles. The Labute approximate surface area is 116 Å². The third-order valence-electron chi connectivity index (χ3n) is 2.62. The van der Waals surface area contributed by atoms with Crippen LogP contribution in [-0.4, -0.2) is 19.2 Å². The van der Waals surface area contributed by atoms with Crippen molar-refractivity contribution in [1.82, 2.24) is 4.98 Å². The molecular weight excluding hydrogens is 282 g/mol. The highest BCUT2D eigenvalue weighted by atomic mass is 32.2. The molecule has 1 aromatic heterocycles. The van der Waals surface area contributed by atoms with Crippen LogP contribution in [-0.2, 0) is 10.0 Å². The van der Waals surface area contributed by atoms with Gasteiger partial charge in [0.25, 0.3) is 0 Å². The molecule has 104 valence electrons. The minimum Gasteiger partial charge on any atom is -0.399 e. The quantitative estimate of drug-likeness (QED) is 0.831. The van der Waals surface area contributed by atoms with Gasteiger partial charge < -0.3 is 5.73 Å². The van der Waals surface area contributed by atoms with E-state index in [9.17, 15) is 8.42 Å². The number of nitrogens with zero attached hydrogens (tertiary/aromatic N) is 1. The molecule has 0 aliphatic heterocycles. The number of nitrogen functional groups attached to an aromatic ring is 1. The van der Waals surface area contributed by atoms with Gasteiger partial charge in [0.15, 0.2) is 5.13 Å². The fourth-order valence-corrected chi connectivity index (χ4v) is 4.07. The van der Waals surface area contributed by atoms with E-state index in [1.807, 2.05) is 13.8 Å². The predicted molar refractivity (Wildman–Crippen MR) is 80.9 cm³/mol. The maximum absolute atomic E-state index is 11.9. The first-order valence-electron chi connectivity index (χ1n) is 6.02. The largest absolute Gasteiger partial charge is 0.399 e. The van der Waals surface area contributed by atoms with E-state index in [2.05, 4.69) is 9.71 Å². The van der Waals surface area contributed by atoms with Gasteiger partial charge in [0.2, 0.25) is 10.0 Å². The van der Waals surface area contributed by atoms with Crippen molar-refractivity contribution in [2.45, 2.75) is 20.3 Å². The number of thiazole rings is 1. The van der Waals surface area contributed by atoms with Gasteiger partial charge in [0, 0.05) is 5.69 Å². The molecule has 0 unspecified atom stereocenters. The molecule has 1 heterocycles. The lowest BCUT2D eigenvalue weighted by molar-refractivity contribution is 0.578. The van der Waals surface area contributed by atoms with Crippen molar-refractivity contribution in [3.8, 4) is 0 Å². The van der Waals surface area contributed by atoms with Crippen LogP contribution in [0, 0.1) is 5.92 Å². The molecule has 19 heavy (non-hydrogen) atoms. The van der Waals surface area contributed by atoms with E-state index < -0.39 is 10.0 Å². The van der Waals surface area contributed by atoms with Gasteiger partial charge in [-0.2, -0.15) is 0 Å². The van der Waals surface area contributed by atoms with Crippen molar-refractivity contribution in [2.24, 2.45) is 5.92 Å². The smallest absolute Gasteiger partial charge is 0.234 e. The molecule has 0 aliphatic carbocycles. The van der Waals surface area contributed by atoms with E-state index in [0.717, 1.165) is 10.2 Å². The minimum absolute atomic E-state index is 0.114. The number of fused-ring (bicyclic) bond motifs is 1. The molecule has 0 amide bonds. The molecule has 0 radical (unpaired) electrons. The van der Waals surface area contributed by atoms with Crippen LogP contribution >= 0.6 is 11.3 Å². The van der Waals surface area contributed by atoms with E-state index in [1.165, 1.54) is 11.3 Å². The average Bonchev–Trinajstić information content (AvgIpc) is 2.67. The summed E-state index contributed by atoms with van der Waals surface area (Å²) in [6, 6.07) is 5.32. The number of nitrogens with one attached hydrogen (secondary N) is 1. The van der Waals surface area contributed by atoms with Crippen LogP contribution in [0.4, 0.5) is 10.8 Å². The Morgan fingerprint density at radius 3 is 2.84 bits per heavy atom. The zero-order chi connectivity index (χ0) is 14.0. The Bertz CT molecular complexity index is 677. The van der Waals surface area contributed by atoms with Crippen LogP contribution in [0.5, 0.6) is 0 Å². The molecule has 0 saturated heterocycles. The van der Waals surface area contributed by atoms with Crippen molar-refractivity contribution >= 4 is 42.4 Å². The summed E-state index contributed by atoms with van der Waals surface area (Å²) in [5, 5.41) is 0.393. The highest BCUT2D eigenvalue weighted by Crippen LogP contribution is 2.28. The topological polar surface area (TPSA) is 85.1 Å². The third-order valence-corrected chi connectivity index (χ3v) is 4.96. The van der Waals surface area contributed by atoms with Gasteiger partial charge in [-0.3, -0.25) is 4.72 Å². The number of rotatable bonds is 5. The maximum atomic E-state index is 11.9. The third kappa shape index (κ3) is 3.81. The normalized spacial score (nSPS) is 12.2. The van der Waals surface area contributed by atoms with Gasteiger partial charge in [-0.15, -0.1) is 0 Å². The van der Waals surface area contributed by atoms with Crippen molar-refractivity contribution in [2.75, 3.05) is 16.2 Å². The van der Waals surface area contributed by atoms with Gasteiger partial charge >= 0.3 is 0 Å². The summed E-state index contributed by atoms with van der Waals surface area (Å²) in [6.45, 7) is 3.99. The number of hydrogen-bond donors (Lipinski definition) is 2. The lowest BCUT2D eigenvalue weighted by atomic mass is 10.2. The van der Waals surface area contributed by atoms with Crippen molar-refractivity contribution in [3.05, 3.63) is 18.2 Å². The van der Waals surface area contributed by atoms with E-state index in [0.29, 0.717) is 23.2 Å². The zero-order valence-electron chi connectivity index (χ0n) is 10.9. The fourth-order valence-electron chi connectivity index (χ4n) is 1.56. The highest BCUT2D eigenvalue weighted by molar-refractivity contribution is 7.92. The van der Waals surface area contributed by atoms with Crippen molar-refractivity contribution in [3.63, 3.8) is 0 Å². The van der Waals surface area contributed by atoms with Crippen molar-refractivity contribution < 1.29 is 8.42 Å². The Hall–Kier alpha value is -1.34. The van der Waals surface area contributed by atoms with E-state index in [1.54, 1.807) is 18.2 Å². The summed E-state index contributed by atoms with van der Waals surface area (Å²) in [5.74, 6) is 0.467. The second-order valence-electron chi connectivity index (χ2n) is 4.85. The Morgan fingerprint density at radius 2 is 2.16 bits per heavy atom. The summed E-state index contributed by atoms with van der Waals surface area (Å²) in [7, 11) is -3.32. The van der Waals surface area contributed by atoms with E-state index in [-0.39, 0.29) is 5.75 Å². The van der Waals surface area contributed by atoms with Crippen LogP contribution < -0.4 is 10.5 Å². The highest BCUT2D eigenvalue weighted by Gasteiger charge is 2.14. The lowest BCUT2D eigenvalue weighted by Crippen LogP contribution is -2.17. The standard InChI is InChI=1S/C12H17N3O2S2/c1-8(2)5-6-19(16,17)15-12-14-10-4-3-9(13)7-11(10)18-12/h3-4,7-8H,5-6,13H2,1-2H3,(H,14,15). The first-order valence-corrected chi connectivity index (χ1v) is 8.49. The maximum Gasteiger partial charge on any atom is 0.234 e. The second-order valence-corrected chi connectivity index (χ2v) is 7.72. The van der Waals surface area contributed by atoms with Gasteiger partial charge in [0.05, 0.1) is 16.0 Å². The van der Waals surface area contributed by atoms with Crippen LogP contribution in [0.3, 0.4) is 0 Å². The number of aromatic nitrogens is 1. The first kappa shape index (κ1) is 14.1.